The second kappa shape index (κ2) is 9.40. The Morgan fingerprint density at radius 2 is 2.00 bits per heavy atom. The lowest BCUT2D eigenvalue weighted by Crippen LogP contribution is -2.46. The van der Waals surface area contributed by atoms with E-state index in [1.807, 2.05) is 39.0 Å². The summed E-state index contributed by atoms with van der Waals surface area (Å²) in [5, 5.41) is 14.9. The van der Waals surface area contributed by atoms with E-state index in [0.717, 1.165) is 35.0 Å². The summed E-state index contributed by atoms with van der Waals surface area (Å²) in [6.07, 6.45) is 2.77. The Morgan fingerprint density at radius 3 is 2.68 bits per heavy atom. The van der Waals surface area contributed by atoms with Gasteiger partial charge in [-0.05, 0) is 51.3 Å². The zero-order valence-corrected chi connectivity index (χ0v) is 20.2. The normalized spacial score (nSPS) is 14.6. The number of carbonyl (C=O) groups is 1. The van der Waals surface area contributed by atoms with Crippen molar-refractivity contribution in [2.24, 2.45) is 0 Å². The highest BCUT2D eigenvalue weighted by atomic mass is 35.5. The molecule has 1 aromatic heterocycles. The van der Waals surface area contributed by atoms with Crippen LogP contribution in [0.4, 0.5) is 16.2 Å². The van der Waals surface area contributed by atoms with Crippen molar-refractivity contribution in [2.75, 3.05) is 18.0 Å². The third kappa shape index (κ3) is 5.02. The number of hydrogen-bond acceptors (Lipinski definition) is 5. The van der Waals surface area contributed by atoms with Crippen molar-refractivity contribution >= 4 is 40.0 Å². The van der Waals surface area contributed by atoms with Crippen LogP contribution in [0, 0.1) is 6.57 Å². The number of phenolic OH excluding ortho intramolecular Hbond substituents is 1. The molecule has 0 atom stereocenters. The molecule has 4 rings (SSSR count). The third-order valence-corrected chi connectivity index (χ3v) is 6.05. The number of aromatic nitrogens is 1. The largest absolute Gasteiger partial charge is 0.518 e. The van der Waals surface area contributed by atoms with Gasteiger partial charge in [0.2, 0.25) is 5.69 Å². The van der Waals surface area contributed by atoms with E-state index in [-0.39, 0.29) is 17.5 Å². The fraction of sp³-hybridized carbons (Fsp3) is 0.346. The van der Waals surface area contributed by atoms with Crippen LogP contribution in [0.1, 0.15) is 33.6 Å². The summed E-state index contributed by atoms with van der Waals surface area (Å²) in [6, 6.07) is 10.9. The van der Waals surface area contributed by atoms with E-state index in [1.54, 1.807) is 24.4 Å². The molecule has 1 aliphatic rings. The van der Waals surface area contributed by atoms with Gasteiger partial charge in [0.05, 0.1) is 22.8 Å². The minimum atomic E-state index is -0.533. The van der Waals surface area contributed by atoms with E-state index < -0.39 is 11.7 Å². The molecule has 34 heavy (non-hydrogen) atoms. The molecule has 0 saturated carbocycles. The van der Waals surface area contributed by atoms with Crippen LogP contribution in [0.3, 0.4) is 0 Å². The van der Waals surface area contributed by atoms with Gasteiger partial charge in [-0.3, -0.25) is 4.98 Å². The maximum absolute atomic E-state index is 12.1. The number of amides is 1. The first-order valence-corrected chi connectivity index (χ1v) is 11.6. The highest BCUT2D eigenvalue weighted by Crippen LogP contribution is 2.41. The molecule has 2 heterocycles. The monoisotopic (exact) mass is 478 g/mol. The number of fused-ring (bicyclic) bond motifs is 1. The number of halogens is 1. The van der Waals surface area contributed by atoms with Gasteiger partial charge in [-0.25, -0.2) is 9.64 Å². The Morgan fingerprint density at radius 1 is 1.26 bits per heavy atom. The van der Waals surface area contributed by atoms with Crippen molar-refractivity contribution in [1.82, 2.24) is 10.3 Å². The summed E-state index contributed by atoms with van der Waals surface area (Å²) in [7, 11) is 0. The SMILES string of the molecule is [C-]#[N+]c1cccc(-c2ccc3ncc(Cl)c(N4CCC(NC(=O)OC(C)(C)C)CC4)c3c2)c1O. The Labute approximate surface area is 204 Å². The van der Waals surface area contributed by atoms with Crippen LogP contribution in [0.5, 0.6) is 5.75 Å². The van der Waals surface area contributed by atoms with Crippen LogP contribution in [-0.4, -0.2) is 40.9 Å². The van der Waals surface area contributed by atoms with E-state index in [9.17, 15) is 9.90 Å². The van der Waals surface area contributed by atoms with Gasteiger partial charge in [0.15, 0.2) is 0 Å². The van der Waals surface area contributed by atoms with E-state index in [0.29, 0.717) is 23.7 Å². The van der Waals surface area contributed by atoms with Crippen molar-refractivity contribution in [1.29, 1.82) is 0 Å². The van der Waals surface area contributed by atoms with Gasteiger partial charge in [0.25, 0.3) is 0 Å². The zero-order chi connectivity index (χ0) is 24.5. The average molecular weight is 479 g/mol. The summed E-state index contributed by atoms with van der Waals surface area (Å²) >= 11 is 6.62. The van der Waals surface area contributed by atoms with Gasteiger partial charge in [0, 0.05) is 36.3 Å². The molecule has 8 heteroatoms. The molecule has 3 aromatic rings. The molecule has 1 aliphatic heterocycles. The van der Waals surface area contributed by atoms with Crippen LogP contribution in [0.15, 0.2) is 42.6 Å². The lowest BCUT2D eigenvalue weighted by atomic mass is 9.99. The van der Waals surface area contributed by atoms with Gasteiger partial charge in [-0.1, -0.05) is 35.9 Å². The molecule has 1 fully saturated rings. The molecule has 1 saturated heterocycles. The summed E-state index contributed by atoms with van der Waals surface area (Å²) in [5.41, 5.74) is 2.71. The van der Waals surface area contributed by atoms with Crippen LogP contribution in [0.25, 0.3) is 26.9 Å². The molecule has 0 aliphatic carbocycles. The zero-order valence-electron chi connectivity index (χ0n) is 19.4. The molecule has 1 amide bonds. The van der Waals surface area contributed by atoms with Gasteiger partial charge in [-0.15, -0.1) is 0 Å². The van der Waals surface area contributed by atoms with Crippen molar-refractivity contribution in [2.45, 2.75) is 45.3 Å². The number of nitrogens with zero attached hydrogens (tertiary/aromatic N) is 3. The Hall–Kier alpha value is -3.50. The van der Waals surface area contributed by atoms with Crippen molar-refractivity contribution in [3.05, 3.63) is 59.0 Å². The second-order valence-corrected chi connectivity index (χ2v) is 9.79. The molecular formula is C26H27ClN4O3. The number of anilines is 1. The van der Waals surface area contributed by atoms with Crippen molar-refractivity contribution < 1.29 is 14.6 Å². The molecule has 176 valence electrons. The molecule has 0 unspecified atom stereocenters. The fourth-order valence-corrected chi connectivity index (χ4v) is 4.49. The van der Waals surface area contributed by atoms with Crippen molar-refractivity contribution in [3.8, 4) is 16.9 Å². The quantitative estimate of drug-likeness (QED) is 0.431. The smallest absolute Gasteiger partial charge is 0.407 e. The number of phenols is 1. The first-order valence-electron chi connectivity index (χ1n) is 11.2. The standard InChI is InChI=1S/C26H27ClN4O3/c1-26(2,3)34-25(33)30-17-10-12-31(13-11-17)23-19-14-16(8-9-21(19)29-15-20(23)27)18-6-5-7-22(28-4)24(18)32/h5-9,14-15,17,32H,10-13H2,1-3H3,(H,30,33). The summed E-state index contributed by atoms with van der Waals surface area (Å²) in [4.78, 5) is 22.2. The Balaban J connectivity index is 1.60. The number of rotatable bonds is 3. The maximum Gasteiger partial charge on any atom is 0.407 e. The van der Waals surface area contributed by atoms with E-state index in [4.69, 9.17) is 22.9 Å². The molecule has 0 radical (unpaired) electrons. The average Bonchev–Trinajstić information content (AvgIpc) is 2.78. The lowest BCUT2D eigenvalue weighted by Gasteiger charge is -2.35. The number of pyridine rings is 1. The molecule has 0 spiro atoms. The first kappa shape index (κ1) is 23.7. The second-order valence-electron chi connectivity index (χ2n) is 9.38. The predicted octanol–water partition coefficient (Wildman–Crippen LogP) is 6.31. The topological polar surface area (TPSA) is 79.1 Å². The molecule has 0 bridgehead atoms. The van der Waals surface area contributed by atoms with Crippen LogP contribution >= 0.6 is 11.6 Å². The van der Waals surface area contributed by atoms with Crippen LogP contribution in [0.2, 0.25) is 5.02 Å². The minimum absolute atomic E-state index is 0.0295. The highest BCUT2D eigenvalue weighted by molar-refractivity contribution is 6.34. The van der Waals surface area contributed by atoms with Crippen LogP contribution in [-0.2, 0) is 4.74 Å². The third-order valence-electron chi connectivity index (χ3n) is 5.77. The number of piperidine rings is 1. The highest BCUT2D eigenvalue weighted by Gasteiger charge is 2.26. The van der Waals surface area contributed by atoms with E-state index in [2.05, 4.69) is 20.0 Å². The molecule has 2 aromatic carbocycles. The predicted molar refractivity (Wildman–Crippen MR) is 135 cm³/mol. The van der Waals surface area contributed by atoms with Gasteiger partial charge >= 0.3 is 6.09 Å². The molecular weight excluding hydrogens is 452 g/mol. The number of ether oxygens (including phenoxy) is 1. The van der Waals surface area contributed by atoms with Crippen molar-refractivity contribution in [3.63, 3.8) is 0 Å². The van der Waals surface area contributed by atoms with Gasteiger partial charge < -0.3 is 20.1 Å². The summed E-state index contributed by atoms with van der Waals surface area (Å²) in [5.74, 6) is -0.0394. The Bertz CT molecular complexity index is 1270. The fourth-order valence-electron chi connectivity index (χ4n) is 4.22. The first-order chi connectivity index (χ1) is 16.2. The molecule has 7 nitrogen and oxygen atoms in total. The number of hydrogen-bond donors (Lipinski definition) is 2. The summed E-state index contributed by atoms with van der Waals surface area (Å²) in [6.45, 7) is 14.2. The minimum Gasteiger partial charge on any atom is -0.518 e. The number of alkyl carbamates (subject to hydrolysis) is 1. The maximum atomic E-state index is 12.1. The van der Waals surface area contributed by atoms with Crippen LogP contribution < -0.4 is 10.2 Å². The van der Waals surface area contributed by atoms with E-state index in [1.165, 1.54) is 0 Å². The lowest BCUT2D eigenvalue weighted by molar-refractivity contribution is 0.0497. The number of para-hydroxylation sites is 1. The van der Waals surface area contributed by atoms with Gasteiger partial charge in [0.1, 0.15) is 11.4 Å². The number of benzene rings is 2. The van der Waals surface area contributed by atoms with E-state index >= 15 is 0 Å². The number of aromatic hydroxyl groups is 1. The number of carbonyl (C=O) groups excluding carboxylic acids is 1. The van der Waals surface area contributed by atoms with Gasteiger partial charge in [-0.2, -0.15) is 0 Å². The molecule has 2 N–H and O–H groups in total. The summed E-state index contributed by atoms with van der Waals surface area (Å²) < 4.78 is 5.38. The number of nitrogens with one attached hydrogen (secondary N) is 1. The Kier molecular flexibility index (Phi) is 6.54.